The summed E-state index contributed by atoms with van der Waals surface area (Å²) >= 11 is 0. The Morgan fingerprint density at radius 1 is 1.22 bits per heavy atom. The number of rotatable bonds is 5. The predicted octanol–water partition coefficient (Wildman–Crippen LogP) is 4.42. The SMILES string of the molecule is CCCCC[C@@H](N)c1cccc(F)c1C(F)(F)F. The molecule has 0 heterocycles. The molecule has 0 radical (unpaired) electrons. The van der Waals surface area contributed by atoms with Gasteiger partial charge in [0, 0.05) is 6.04 Å². The Hall–Kier alpha value is -1.10. The minimum atomic E-state index is -4.71. The summed E-state index contributed by atoms with van der Waals surface area (Å²) in [4.78, 5) is 0. The van der Waals surface area contributed by atoms with E-state index >= 15 is 0 Å². The highest BCUT2D eigenvalue weighted by atomic mass is 19.4. The van der Waals surface area contributed by atoms with E-state index in [-0.39, 0.29) is 5.56 Å². The van der Waals surface area contributed by atoms with Crippen molar-refractivity contribution in [1.29, 1.82) is 0 Å². The quantitative estimate of drug-likeness (QED) is 0.617. The van der Waals surface area contributed by atoms with E-state index in [1.807, 2.05) is 6.92 Å². The van der Waals surface area contributed by atoms with E-state index < -0.39 is 23.6 Å². The van der Waals surface area contributed by atoms with E-state index in [2.05, 4.69) is 0 Å². The number of benzene rings is 1. The third-order valence-electron chi connectivity index (χ3n) is 2.85. The molecule has 18 heavy (non-hydrogen) atoms. The summed E-state index contributed by atoms with van der Waals surface area (Å²) in [6, 6.07) is 2.55. The lowest BCUT2D eigenvalue weighted by Crippen LogP contribution is -2.19. The first-order valence-corrected chi connectivity index (χ1v) is 5.99. The zero-order chi connectivity index (χ0) is 13.8. The summed E-state index contributed by atoms with van der Waals surface area (Å²) < 4.78 is 51.6. The Morgan fingerprint density at radius 3 is 2.44 bits per heavy atom. The molecule has 0 aromatic heterocycles. The second-order valence-electron chi connectivity index (χ2n) is 4.30. The molecule has 1 aromatic carbocycles. The molecule has 0 fully saturated rings. The molecule has 1 atom stereocenters. The fourth-order valence-electron chi connectivity index (χ4n) is 1.92. The van der Waals surface area contributed by atoms with Gasteiger partial charge in [0.15, 0.2) is 0 Å². The molecule has 0 aliphatic heterocycles. The number of halogens is 4. The molecule has 1 aromatic rings. The van der Waals surface area contributed by atoms with Gasteiger partial charge in [-0.25, -0.2) is 4.39 Å². The average Bonchev–Trinajstić information content (AvgIpc) is 2.27. The molecular formula is C13H17F4N. The Kier molecular flexibility index (Phi) is 5.14. The summed E-state index contributed by atoms with van der Waals surface area (Å²) in [5.74, 6) is -1.26. The molecule has 1 rings (SSSR count). The number of hydrogen-bond acceptors (Lipinski definition) is 1. The summed E-state index contributed by atoms with van der Waals surface area (Å²) in [7, 11) is 0. The van der Waals surface area contributed by atoms with Gasteiger partial charge in [-0.05, 0) is 18.1 Å². The zero-order valence-electron chi connectivity index (χ0n) is 10.2. The summed E-state index contributed by atoms with van der Waals surface area (Å²) in [6.45, 7) is 1.99. The maximum atomic E-state index is 13.3. The molecule has 0 aliphatic rings. The molecule has 0 aliphatic carbocycles. The molecule has 0 bridgehead atoms. The molecule has 0 saturated heterocycles. The smallest absolute Gasteiger partial charge is 0.324 e. The van der Waals surface area contributed by atoms with Crippen molar-refractivity contribution in [2.75, 3.05) is 0 Å². The molecule has 5 heteroatoms. The number of hydrogen-bond donors (Lipinski definition) is 1. The van der Waals surface area contributed by atoms with Crippen LogP contribution in [0.1, 0.15) is 49.8 Å². The lowest BCUT2D eigenvalue weighted by molar-refractivity contribution is -0.140. The first kappa shape index (κ1) is 15.0. The highest BCUT2D eigenvalue weighted by molar-refractivity contribution is 5.33. The Bertz CT molecular complexity index is 387. The highest BCUT2D eigenvalue weighted by Crippen LogP contribution is 2.36. The van der Waals surface area contributed by atoms with Gasteiger partial charge in [-0.1, -0.05) is 38.3 Å². The van der Waals surface area contributed by atoms with Crippen LogP contribution in [0.3, 0.4) is 0 Å². The monoisotopic (exact) mass is 263 g/mol. The summed E-state index contributed by atoms with van der Waals surface area (Å²) in [5, 5.41) is 0. The topological polar surface area (TPSA) is 26.0 Å². The van der Waals surface area contributed by atoms with Crippen molar-refractivity contribution in [2.45, 2.75) is 44.8 Å². The van der Waals surface area contributed by atoms with Crippen LogP contribution in [0.15, 0.2) is 18.2 Å². The van der Waals surface area contributed by atoms with Gasteiger partial charge >= 0.3 is 6.18 Å². The molecule has 0 amide bonds. The van der Waals surface area contributed by atoms with Crippen LogP contribution in [-0.4, -0.2) is 0 Å². The van der Waals surface area contributed by atoms with Crippen LogP contribution in [0.4, 0.5) is 17.6 Å². The third kappa shape index (κ3) is 3.70. The second-order valence-corrected chi connectivity index (χ2v) is 4.30. The van der Waals surface area contributed by atoms with Crippen LogP contribution in [0.25, 0.3) is 0 Å². The van der Waals surface area contributed by atoms with E-state index in [0.29, 0.717) is 6.42 Å². The second kappa shape index (κ2) is 6.18. The predicted molar refractivity (Wildman–Crippen MR) is 62.5 cm³/mol. The van der Waals surface area contributed by atoms with Crippen LogP contribution in [-0.2, 0) is 6.18 Å². The van der Waals surface area contributed by atoms with Gasteiger partial charge in [0.1, 0.15) is 5.82 Å². The number of unbranched alkanes of at least 4 members (excludes halogenated alkanes) is 2. The summed E-state index contributed by atoms with van der Waals surface area (Å²) in [6.07, 6.45) is -1.67. The molecule has 1 nitrogen and oxygen atoms in total. The maximum Gasteiger partial charge on any atom is 0.419 e. The van der Waals surface area contributed by atoms with Crippen molar-refractivity contribution in [3.05, 3.63) is 35.1 Å². The van der Waals surface area contributed by atoms with Crippen LogP contribution in [0, 0.1) is 5.82 Å². The van der Waals surface area contributed by atoms with Crippen LogP contribution >= 0.6 is 0 Å². The first-order chi connectivity index (χ1) is 8.38. The number of nitrogens with two attached hydrogens (primary N) is 1. The first-order valence-electron chi connectivity index (χ1n) is 5.99. The van der Waals surface area contributed by atoms with Crippen molar-refractivity contribution >= 4 is 0 Å². The highest BCUT2D eigenvalue weighted by Gasteiger charge is 2.37. The van der Waals surface area contributed by atoms with Crippen molar-refractivity contribution in [3.63, 3.8) is 0 Å². The molecule has 102 valence electrons. The van der Waals surface area contributed by atoms with E-state index in [4.69, 9.17) is 5.73 Å². The molecular weight excluding hydrogens is 246 g/mol. The fourth-order valence-corrected chi connectivity index (χ4v) is 1.92. The number of alkyl halides is 3. The Labute approximate surface area is 104 Å². The Balaban J connectivity index is 2.97. The average molecular weight is 263 g/mol. The van der Waals surface area contributed by atoms with Gasteiger partial charge in [-0.3, -0.25) is 0 Å². The van der Waals surface area contributed by atoms with Gasteiger partial charge in [0.05, 0.1) is 5.56 Å². The van der Waals surface area contributed by atoms with Crippen LogP contribution in [0.2, 0.25) is 0 Å². The van der Waals surface area contributed by atoms with Gasteiger partial charge in [-0.15, -0.1) is 0 Å². The largest absolute Gasteiger partial charge is 0.419 e. The van der Waals surface area contributed by atoms with Crippen molar-refractivity contribution in [3.8, 4) is 0 Å². The lowest BCUT2D eigenvalue weighted by Gasteiger charge is -2.18. The zero-order valence-corrected chi connectivity index (χ0v) is 10.2. The lowest BCUT2D eigenvalue weighted by atomic mass is 9.96. The summed E-state index contributed by atoms with van der Waals surface area (Å²) in [5.41, 5.74) is 4.35. The Morgan fingerprint density at radius 2 is 1.89 bits per heavy atom. The van der Waals surface area contributed by atoms with Gasteiger partial charge < -0.3 is 5.73 Å². The van der Waals surface area contributed by atoms with Gasteiger partial charge in [-0.2, -0.15) is 13.2 Å². The van der Waals surface area contributed by atoms with Crippen LogP contribution < -0.4 is 5.73 Å². The fraction of sp³-hybridized carbons (Fsp3) is 0.538. The maximum absolute atomic E-state index is 13.3. The van der Waals surface area contributed by atoms with E-state index in [0.717, 1.165) is 25.3 Å². The molecule has 0 unspecified atom stereocenters. The van der Waals surface area contributed by atoms with Gasteiger partial charge in [0.2, 0.25) is 0 Å². The minimum Gasteiger partial charge on any atom is -0.324 e. The molecule has 0 spiro atoms. The van der Waals surface area contributed by atoms with Crippen molar-refractivity contribution in [2.24, 2.45) is 5.73 Å². The molecule has 0 saturated carbocycles. The van der Waals surface area contributed by atoms with Crippen LogP contribution in [0.5, 0.6) is 0 Å². The molecule has 2 N–H and O–H groups in total. The third-order valence-corrected chi connectivity index (χ3v) is 2.85. The van der Waals surface area contributed by atoms with E-state index in [9.17, 15) is 17.6 Å². The standard InChI is InChI=1S/C13H17F4N/c1-2-3-4-8-11(18)9-6-5-7-10(14)12(9)13(15,16)17/h5-7,11H,2-4,8,18H2,1H3/t11-/m1/s1. The van der Waals surface area contributed by atoms with Crippen molar-refractivity contribution < 1.29 is 17.6 Å². The van der Waals surface area contributed by atoms with Gasteiger partial charge in [0.25, 0.3) is 0 Å². The van der Waals surface area contributed by atoms with E-state index in [1.54, 1.807) is 0 Å². The normalized spacial score (nSPS) is 13.7. The van der Waals surface area contributed by atoms with Crippen molar-refractivity contribution in [1.82, 2.24) is 0 Å². The van der Waals surface area contributed by atoms with E-state index in [1.165, 1.54) is 12.1 Å². The minimum absolute atomic E-state index is 0.154.